The van der Waals surface area contributed by atoms with Crippen LogP contribution in [0.2, 0.25) is 0 Å². The summed E-state index contributed by atoms with van der Waals surface area (Å²) in [6.07, 6.45) is 0. The van der Waals surface area contributed by atoms with Gasteiger partial charge in [0.2, 0.25) is 0 Å². The molecule has 2 heteroatoms. The number of benzene rings is 3. The Hall–Kier alpha value is -1.81. The number of ether oxygens (including phenoxy) is 1. The Balaban J connectivity index is 1.95. The van der Waals surface area contributed by atoms with E-state index >= 15 is 0 Å². The Morgan fingerprint density at radius 2 is 1.19 bits per heavy atom. The first-order valence-corrected chi connectivity index (χ1v) is 8.02. The van der Waals surface area contributed by atoms with E-state index in [1.807, 2.05) is 24.3 Å². The lowest BCUT2D eigenvalue weighted by atomic mass is 9.83. The molecule has 1 nitrogen and oxygen atoms in total. The molecule has 102 valence electrons. The first kappa shape index (κ1) is 12.9. The van der Waals surface area contributed by atoms with Gasteiger partial charge in [0.1, 0.15) is 11.5 Å². The number of hydrogen-bond acceptors (Lipinski definition) is 1. The third kappa shape index (κ3) is 2.23. The predicted octanol–water partition coefficient (Wildman–Crippen LogP) is 5.58. The highest BCUT2D eigenvalue weighted by atomic mass is 127. The van der Waals surface area contributed by atoms with Crippen molar-refractivity contribution in [3.63, 3.8) is 0 Å². The quantitative estimate of drug-likeness (QED) is 0.390. The lowest BCUT2D eigenvalue weighted by Crippen LogP contribution is -2.11. The number of rotatable bonds is 1. The van der Waals surface area contributed by atoms with Crippen LogP contribution < -0.4 is 4.74 Å². The van der Waals surface area contributed by atoms with Gasteiger partial charge in [-0.2, -0.15) is 0 Å². The van der Waals surface area contributed by atoms with Crippen molar-refractivity contribution in [2.75, 3.05) is 0 Å². The third-order valence-corrected chi connectivity index (χ3v) is 4.60. The van der Waals surface area contributed by atoms with Crippen LogP contribution in [0.3, 0.4) is 0 Å². The maximum absolute atomic E-state index is 6.05. The molecule has 0 aliphatic carbocycles. The lowest BCUT2D eigenvalue weighted by molar-refractivity contribution is 0.453. The van der Waals surface area contributed by atoms with E-state index in [9.17, 15) is 0 Å². The smallest absolute Gasteiger partial charge is 0.131 e. The van der Waals surface area contributed by atoms with Crippen molar-refractivity contribution in [1.29, 1.82) is 0 Å². The summed E-state index contributed by atoms with van der Waals surface area (Å²) in [7, 11) is 0. The van der Waals surface area contributed by atoms with Crippen LogP contribution in [-0.2, 0) is 0 Å². The zero-order chi connectivity index (χ0) is 14.2. The topological polar surface area (TPSA) is 9.23 Å². The molecule has 0 unspecified atom stereocenters. The number of halogens is 1. The summed E-state index contributed by atoms with van der Waals surface area (Å²) in [5.41, 5.74) is 3.77. The van der Waals surface area contributed by atoms with E-state index in [1.165, 1.54) is 20.3 Å². The van der Waals surface area contributed by atoms with Crippen molar-refractivity contribution in [2.45, 2.75) is 5.92 Å². The normalized spacial score (nSPS) is 13.2. The molecule has 0 atom stereocenters. The van der Waals surface area contributed by atoms with Gasteiger partial charge in [0.15, 0.2) is 0 Å². The molecular formula is C19H13IO. The van der Waals surface area contributed by atoms with Crippen LogP contribution in [0, 0.1) is 3.57 Å². The van der Waals surface area contributed by atoms with Gasteiger partial charge in [-0.05, 0) is 52.4 Å². The molecule has 0 saturated heterocycles. The summed E-state index contributed by atoms with van der Waals surface area (Å²) in [5.74, 6) is 2.16. The molecule has 1 aliphatic rings. The Bertz CT molecular complexity index is 747. The Labute approximate surface area is 137 Å². The SMILES string of the molecule is Ic1ccc(C2c3ccccc3Oc3ccccc32)cc1. The molecule has 0 amide bonds. The van der Waals surface area contributed by atoms with Crippen molar-refractivity contribution >= 4 is 22.6 Å². The molecule has 0 aromatic heterocycles. The van der Waals surface area contributed by atoms with E-state index in [2.05, 4.69) is 71.1 Å². The molecule has 1 aliphatic heterocycles. The highest BCUT2D eigenvalue weighted by Gasteiger charge is 2.27. The summed E-state index contributed by atoms with van der Waals surface area (Å²) in [6, 6.07) is 25.4. The zero-order valence-corrected chi connectivity index (χ0v) is 13.4. The van der Waals surface area contributed by atoms with Crippen molar-refractivity contribution < 1.29 is 4.74 Å². The standard InChI is InChI=1S/C19H13IO/c20-14-11-9-13(10-12-14)19-15-5-1-3-7-17(15)21-18-8-4-2-6-16(18)19/h1-12,19H. The Morgan fingerprint density at radius 1 is 0.667 bits per heavy atom. The minimum Gasteiger partial charge on any atom is -0.457 e. The van der Waals surface area contributed by atoms with Crippen LogP contribution in [0.1, 0.15) is 22.6 Å². The molecule has 4 rings (SSSR count). The minimum atomic E-state index is 0.239. The van der Waals surface area contributed by atoms with Gasteiger partial charge in [0, 0.05) is 20.6 Å². The van der Waals surface area contributed by atoms with Crippen LogP contribution in [0.15, 0.2) is 72.8 Å². The molecule has 3 aromatic carbocycles. The van der Waals surface area contributed by atoms with Gasteiger partial charge >= 0.3 is 0 Å². The molecular weight excluding hydrogens is 371 g/mol. The van der Waals surface area contributed by atoms with E-state index in [-0.39, 0.29) is 5.92 Å². The summed E-state index contributed by atoms with van der Waals surface area (Å²) in [4.78, 5) is 0. The Morgan fingerprint density at radius 3 is 1.76 bits per heavy atom. The minimum absolute atomic E-state index is 0.239. The largest absolute Gasteiger partial charge is 0.457 e. The molecule has 3 aromatic rings. The second-order valence-electron chi connectivity index (χ2n) is 5.16. The summed E-state index contributed by atoms with van der Waals surface area (Å²) < 4.78 is 7.31. The van der Waals surface area contributed by atoms with Gasteiger partial charge in [-0.1, -0.05) is 48.5 Å². The summed E-state index contributed by atoms with van der Waals surface area (Å²) >= 11 is 2.34. The van der Waals surface area contributed by atoms with Crippen LogP contribution in [0.4, 0.5) is 0 Å². The van der Waals surface area contributed by atoms with Gasteiger partial charge in [0.05, 0.1) is 0 Å². The zero-order valence-electron chi connectivity index (χ0n) is 11.3. The maximum atomic E-state index is 6.05. The molecule has 0 N–H and O–H groups in total. The first-order chi connectivity index (χ1) is 10.3. The highest BCUT2D eigenvalue weighted by molar-refractivity contribution is 14.1. The molecule has 0 saturated carbocycles. The monoisotopic (exact) mass is 384 g/mol. The summed E-state index contributed by atoms with van der Waals surface area (Å²) in [6.45, 7) is 0. The maximum Gasteiger partial charge on any atom is 0.131 e. The van der Waals surface area contributed by atoms with Crippen molar-refractivity contribution in [1.82, 2.24) is 0 Å². The van der Waals surface area contributed by atoms with Crippen molar-refractivity contribution in [3.8, 4) is 11.5 Å². The average molecular weight is 384 g/mol. The van der Waals surface area contributed by atoms with E-state index in [1.54, 1.807) is 0 Å². The molecule has 0 spiro atoms. The number of hydrogen-bond donors (Lipinski definition) is 0. The third-order valence-electron chi connectivity index (χ3n) is 3.88. The van der Waals surface area contributed by atoms with E-state index in [0.717, 1.165) is 11.5 Å². The second kappa shape index (κ2) is 5.19. The molecule has 0 bridgehead atoms. The van der Waals surface area contributed by atoms with Gasteiger partial charge < -0.3 is 4.74 Å². The van der Waals surface area contributed by atoms with Gasteiger partial charge in [0.25, 0.3) is 0 Å². The molecule has 21 heavy (non-hydrogen) atoms. The van der Waals surface area contributed by atoms with E-state index in [0.29, 0.717) is 0 Å². The van der Waals surface area contributed by atoms with E-state index < -0.39 is 0 Å². The number of fused-ring (bicyclic) bond motifs is 2. The summed E-state index contributed by atoms with van der Waals surface area (Å²) in [5, 5.41) is 0. The first-order valence-electron chi connectivity index (χ1n) is 6.94. The fourth-order valence-electron chi connectivity index (χ4n) is 2.92. The van der Waals surface area contributed by atoms with Crippen LogP contribution in [0.25, 0.3) is 0 Å². The molecule has 0 fully saturated rings. The number of para-hydroxylation sites is 2. The highest BCUT2D eigenvalue weighted by Crippen LogP contribution is 2.46. The fourth-order valence-corrected chi connectivity index (χ4v) is 3.28. The van der Waals surface area contributed by atoms with Gasteiger partial charge in [-0.25, -0.2) is 0 Å². The molecule has 1 heterocycles. The molecule has 0 radical (unpaired) electrons. The van der Waals surface area contributed by atoms with Crippen LogP contribution in [-0.4, -0.2) is 0 Å². The Kier molecular flexibility index (Phi) is 3.19. The van der Waals surface area contributed by atoms with Crippen molar-refractivity contribution in [3.05, 3.63) is 93.1 Å². The fraction of sp³-hybridized carbons (Fsp3) is 0.0526. The van der Waals surface area contributed by atoms with Gasteiger partial charge in [-0.3, -0.25) is 0 Å². The predicted molar refractivity (Wildman–Crippen MR) is 93.1 cm³/mol. The van der Waals surface area contributed by atoms with Crippen molar-refractivity contribution in [2.24, 2.45) is 0 Å². The van der Waals surface area contributed by atoms with E-state index in [4.69, 9.17) is 4.74 Å². The lowest BCUT2D eigenvalue weighted by Gasteiger charge is -2.28. The van der Waals surface area contributed by atoms with Gasteiger partial charge in [-0.15, -0.1) is 0 Å². The average Bonchev–Trinajstić information content (AvgIpc) is 2.53. The van der Waals surface area contributed by atoms with Crippen LogP contribution >= 0.6 is 22.6 Å². The van der Waals surface area contributed by atoms with Crippen LogP contribution in [0.5, 0.6) is 11.5 Å². The second-order valence-corrected chi connectivity index (χ2v) is 6.41.